The molecular weight excluding hydrogens is 190 g/mol. The van der Waals surface area contributed by atoms with Gasteiger partial charge in [0.2, 0.25) is 0 Å². The number of nitrogens with one attached hydrogen (secondary N) is 1. The fourth-order valence-electron chi connectivity index (χ4n) is 2.44. The van der Waals surface area contributed by atoms with E-state index in [1.54, 1.807) is 0 Å². The van der Waals surface area contributed by atoms with E-state index in [1.165, 1.54) is 32.1 Å². The summed E-state index contributed by atoms with van der Waals surface area (Å²) < 4.78 is 0. The highest BCUT2D eigenvalue weighted by molar-refractivity contribution is 5.73. The summed E-state index contributed by atoms with van der Waals surface area (Å²) in [7, 11) is 0. The van der Waals surface area contributed by atoms with Crippen LogP contribution in [0.2, 0.25) is 0 Å². The van der Waals surface area contributed by atoms with Crippen molar-refractivity contribution in [2.24, 2.45) is 5.92 Å². The van der Waals surface area contributed by atoms with Gasteiger partial charge in [0, 0.05) is 0 Å². The van der Waals surface area contributed by atoms with Crippen LogP contribution >= 0.6 is 0 Å². The molecule has 0 radical (unpaired) electrons. The highest BCUT2D eigenvalue weighted by Crippen LogP contribution is 2.27. The minimum atomic E-state index is -0.701. The summed E-state index contributed by atoms with van der Waals surface area (Å²) >= 11 is 0. The lowest BCUT2D eigenvalue weighted by molar-refractivity contribution is -0.139. The number of likely N-dealkylation sites (N-methyl/N-ethyl adjacent to an activating group) is 1. The Hall–Kier alpha value is -0.570. The molecule has 15 heavy (non-hydrogen) atoms. The Morgan fingerprint density at radius 2 is 2.07 bits per heavy atom. The minimum absolute atomic E-state index is 0.336. The van der Waals surface area contributed by atoms with E-state index in [0.717, 1.165) is 25.3 Å². The molecule has 0 heterocycles. The molecule has 0 aromatic carbocycles. The second kappa shape index (κ2) is 6.83. The van der Waals surface area contributed by atoms with Crippen LogP contribution in [0.3, 0.4) is 0 Å². The van der Waals surface area contributed by atoms with Crippen LogP contribution in [0, 0.1) is 5.92 Å². The third kappa shape index (κ3) is 4.65. The largest absolute Gasteiger partial charge is 0.480 e. The number of aliphatic carboxylic acids is 1. The van der Waals surface area contributed by atoms with Crippen LogP contribution in [0.1, 0.15) is 51.9 Å². The van der Waals surface area contributed by atoms with Crippen LogP contribution in [0.25, 0.3) is 0 Å². The summed E-state index contributed by atoms with van der Waals surface area (Å²) in [6.45, 7) is 2.69. The Morgan fingerprint density at radius 3 is 2.60 bits per heavy atom. The quantitative estimate of drug-likeness (QED) is 0.712. The first-order valence-electron chi connectivity index (χ1n) is 6.20. The van der Waals surface area contributed by atoms with Gasteiger partial charge in [-0.3, -0.25) is 4.79 Å². The van der Waals surface area contributed by atoms with E-state index in [-0.39, 0.29) is 6.04 Å². The Labute approximate surface area is 92.3 Å². The summed E-state index contributed by atoms with van der Waals surface area (Å²) in [4.78, 5) is 10.9. The van der Waals surface area contributed by atoms with Crippen LogP contribution in [0.5, 0.6) is 0 Å². The molecule has 1 aliphatic rings. The number of carboxylic acids is 1. The van der Waals surface area contributed by atoms with E-state index in [0.29, 0.717) is 0 Å². The minimum Gasteiger partial charge on any atom is -0.480 e. The van der Waals surface area contributed by atoms with E-state index in [1.807, 2.05) is 6.92 Å². The monoisotopic (exact) mass is 213 g/mol. The highest BCUT2D eigenvalue weighted by Gasteiger charge is 2.19. The highest BCUT2D eigenvalue weighted by atomic mass is 16.4. The van der Waals surface area contributed by atoms with E-state index in [4.69, 9.17) is 5.11 Å². The van der Waals surface area contributed by atoms with Crippen molar-refractivity contribution >= 4 is 5.97 Å². The number of carboxylic acid groups (broad SMARTS) is 1. The molecule has 1 rings (SSSR count). The van der Waals surface area contributed by atoms with Crippen LogP contribution in [0.4, 0.5) is 0 Å². The van der Waals surface area contributed by atoms with Gasteiger partial charge < -0.3 is 10.4 Å². The maximum atomic E-state index is 10.9. The molecule has 0 unspecified atom stereocenters. The molecule has 3 heteroatoms. The van der Waals surface area contributed by atoms with Crippen molar-refractivity contribution in [3.8, 4) is 0 Å². The van der Waals surface area contributed by atoms with Gasteiger partial charge in [0.1, 0.15) is 6.04 Å². The van der Waals surface area contributed by atoms with Crippen LogP contribution in [-0.2, 0) is 4.79 Å². The van der Waals surface area contributed by atoms with Crippen molar-refractivity contribution in [1.82, 2.24) is 5.32 Å². The van der Waals surface area contributed by atoms with Gasteiger partial charge >= 0.3 is 5.97 Å². The summed E-state index contributed by atoms with van der Waals surface area (Å²) in [5.74, 6) is 0.0758. The van der Waals surface area contributed by atoms with Gasteiger partial charge in [0.25, 0.3) is 0 Å². The average Bonchev–Trinajstić information content (AvgIpc) is 2.25. The van der Waals surface area contributed by atoms with Crippen LogP contribution in [0.15, 0.2) is 0 Å². The third-order valence-electron chi connectivity index (χ3n) is 3.34. The van der Waals surface area contributed by atoms with E-state index in [9.17, 15) is 4.79 Å². The average molecular weight is 213 g/mol. The molecule has 3 nitrogen and oxygen atoms in total. The zero-order valence-corrected chi connectivity index (χ0v) is 9.67. The van der Waals surface area contributed by atoms with Crippen LogP contribution in [-0.4, -0.2) is 23.7 Å². The molecular formula is C12H23NO2. The summed E-state index contributed by atoms with van der Waals surface area (Å²) in [6, 6.07) is -0.336. The zero-order chi connectivity index (χ0) is 11.1. The van der Waals surface area contributed by atoms with Crippen LogP contribution < -0.4 is 5.32 Å². The van der Waals surface area contributed by atoms with Gasteiger partial charge in [0.05, 0.1) is 0 Å². The second-order valence-electron chi connectivity index (χ2n) is 4.53. The molecule has 0 spiro atoms. The van der Waals surface area contributed by atoms with Crippen molar-refractivity contribution in [1.29, 1.82) is 0 Å². The summed E-state index contributed by atoms with van der Waals surface area (Å²) in [5.41, 5.74) is 0. The number of hydrogen-bond acceptors (Lipinski definition) is 2. The standard InChI is InChI=1S/C12H23NO2/c1-2-13-11(12(14)15)9-8-10-6-4-3-5-7-10/h10-11,13H,2-9H2,1H3,(H,14,15)/t11-/m0/s1. The number of carbonyl (C=O) groups is 1. The second-order valence-corrected chi connectivity index (χ2v) is 4.53. The van der Waals surface area contributed by atoms with Gasteiger partial charge in [-0.15, -0.1) is 0 Å². The molecule has 0 bridgehead atoms. The predicted molar refractivity (Wildman–Crippen MR) is 60.9 cm³/mol. The number of hydrogen-bond donors (Lipinski definition) is 2. The Morgan fingerprint density at radius 1 is 1.40 bits per heavy atom. The molecule has 0 aromatic rings. The summed E-state index contributed by atoms with van der Waals surface area (Å²) in [5, 5.41) is 12.0. The first kappa shape index (κ1) is 12.5. The fraction of sp³-hybridized carbons (Fsp3) is 0.917. The first-order chi connectivity index (χ1) is 7.24. The van der Waals surface area contributed by atoms with Gasteiger partial charge in [-0.2, -0.15) is 0 Å². The molecule has 1 saturated carbocycles. The Kier molecular flexibility index (Phi) is 5.69. The molecule has 0 aromatic heterocycles. The smallest absolute Gasteiger partial charge is 0.320 e. The predicted octanol–water partition coefficient (Wildman–Crippen LogP) is 2.41. The first-order valence-corrected chi connectivity index (χ1v) is 6.20. The normalized spacial score (nSPS) is 20.1. The molecule has 1 atom stereocenters. The van der Waals surface area contributed by atoms with Gasteiger partial charge in [0.15, 0.2) is 0 Å². The van der Waals surface area contributed by atoms with E-state index in [2.05, 4.69) is 5.32 Å². The molecule has 0 amide bonds. The van der Waals surface area contributed by atoms with Gasteiger partial charge in [-0.25, -0.2) is 0 Å². The van der Waals surface area contributed by atoms with Crippen molar-refractivity contribution in [3.63, 3.8) is 0 Å². The van der Waals surface area contributed by atoms with Gasteiger partial charge in [-0.05, 0) is 25.3 Å². The Balaban J connectivity index is 2.22. The third-order valence-corrected chi connectivity index (χ3v) is 3.34. The molecule has 1 fully saturated rings. The Bertz CT molecular complexity index is 188. The fourth-order valence-corrected chi connectivity index (χ4v) is 2.44. The maximum Gasteiger partial charge on any atom is 0.320 e. The lowest BCUT2D eigenvalue weighted by atomic mass is 9.85. The van der Waals surface area contributed by atoms with Crippen molar-refractivity contribution in [3.05, 3.63) is 0 Å². The SMILES string of the molecule is CCN[C@@H](CCC1CCCCC1)C(=O)O. The molecule has 2 N–H and O–H groups in total. The van der Waals surface area contributed by atoms with Gasteiger partial charge in [-0.1, -0.05) is 39.0 Å². The zero-order valence-electron chi connectivity index (χ0n) is 9.67. The summed E-state index contributed by atoms with van der Waals surface area (Å²) in [6.07, 6.45) is 8.51. The molecule has 1 aliphatic carbocycles. The maximum absolute atomic E-state index is 10.9. The molecule has 88 valence electrons. The lowest BCUT2D eigenvalue weighted by Crippen LogP contribution is -2.36. The van der Waals surface area contributed by atoms with Crippen molar-refractivity contribution in [2.45, 2.75) is 57.9 Å². The molecule has 0 saturated heterocycles. The van der Waals surface area contributed by atoms with E-state index < -0.39 is 5.97 Å². The van der Waals surface area contributed by atoms with E-state index >= 15 is 0 Å². The molecule has 0 aliphatic heterocycles. The number of rotatable bonds is 6. The lowest BCUT2D eigenvalue weighted by Gasteiger charge is -2.23. The topological polar surface area (TPSA) is 49.3 Å². The van der Waals surface area contributed by atoms with Crippen molar-refractivity contribution < 1.29 is 9.90 Å². The van der Waals surface area contributed by atoms with Crippen molar-refractivity contribution in [2.75, 3.05) is 6.54 Å².